The maximum absolute atomic E-state index is 2.75. The highest BCUT2D eigenvalue weighted by Crippen LogP contribution is 2.56. The van der Waals surface area contributed by atoms with E-state index in [0.717, 1.165) is 0 Å². The van der Waals surface area contributed by atoms with E-state index in [9.17, 15) is 0 Å². The van der Waals surface area contributed by atoms with Gasteiger partial charge in [0.1, 0.15) is 0 Å². The highest BCUT2D eigenvalue weighted by atomic mass is 32.1. The number of hydrogen-bond acceptors (Lipinski definition) is 3. The Bertz CT molecular complexity index is 3160. The van der Waals surface area contributed by atoms with E-state index in [2.05, 4.69) is 211 Å². The lowest BCUT2D eigenvalue weighted by Gasteiger charge is -2.47. The first-order valence-electron chi connectivity index (χ1n) is 26.5. The van der Waals surface area contributed by atoms with E-state index in [-0.39, 0.29) is 50.0 Å². The lowest BCUT2D eigenvalue weighted by Crippen LogP contribution is -2.61. The second-order valence-corrected chi connectivity index (χ2v) is 29.1. The molecule has 3 heterocycles. The van der Waals surface area contributed by atoms with E-state index < -0.39 is 0 Å². The molecule has 12 rings (SSSR count). The molecule has 0 fully saturated rings. The maximum atomic E-state index is 2.75. The van der Waals surface area contributed by atoms with Gasteiger partial charge >= 0.3 is 0 Å². The minimum atomic E-state index is 0.0785. The number of anilines is 6. The van der Waals surface area contributed by atoms with E-state index in [1.807, 2.05) is 0 Å². The van der Waals surface area contributed by atoms with Crippen LogP contribution in [0.5, 0.6) is 0 Å². The summed E-state index contributed by atoms with van der Waals surface area (Å²) < 4.78 is 2.93. The SMILES string of the molecule is CC1(C)CCC(C)(C)c2cc(N3c4cc5c(cc4B4c6sc7cc8c(cc7c6N(c6ccc7c(c6)C(C)(C)CCC7(C)C)c6cccc3c64)C(C)(C)CCC8(C)C)C(C)(C)CCC5(C)C)ccc21. The zero-order chi connectivity index (χ0) is 48.3. The van der Waals surface area contributed by atoms with Crippen molar-refractivity contribution in [2.45, 2.75) is 205 Å². The van der Waals surface area contributed by atoms with Crippen LogP contribution in [0.15, 0.2) is 78.9 Å². The van der Waals surface area contributed by atoms with Gasteiger partial charge in [0.25, 0.3) is 6.71 Å². The van der Waals surface area contributed by atoms with Crippen LogP contribution in [0, 0.1) is 0 Å². The van der Waals surface area contributed by atoms with Crippen LogP contribution in [0.3, 0.4) is 0 Å². The molecule has 0 saturated heterocycles. The van der Waals surface area contributed by atoms with Crippen molar-refractivity contribution in [3.8, 4) is 0 Å². The smallest absolute Gasteiger partial charge is 0.264 e. The molecular formula is C64H77BN2S. The zero-order valence-corrected chi connectivity index (χ0v) is 45.4. The quantitative estimate of drug-likeness (QED) is 0.159. The fraction of sp³-hybridized carbons (Fsp3) is 0.500. The molecular weight excluding hydrogens is 840 g/mol. The minimum Gasteiger partial charge on any atom is -0.311 e. The van der Waals surface area contributed by atoms with Crippen molar-refractivity contribution in [1.29, 1.82) is 0 Å². The molecule has 0 saturated carbocycles. The first-order valence-corrected chi connectivity index (χ1v) is 27.3. The van der Waals surface area contributed by atoms with Crippen LogP contribution in [-0.2, 0) is 43.3 Å². The molecule has 0 unspecified atom stereocenters. The van der Waals surface area contributed by atoms with Crippen LogP contribution in [-0.4, -0.2) is 6.71 Å². The highest BCUT2D eigenvalue weighted by Gasteiger charge is 2.49. The van der Waals surface area contributed by atoms with Gasteiger partial charge in [0.05, 0.1) is 5.69 Å². The summed E-state index contributed by atoms with van der Waals surface area (Å²) in [5.74, 6) is 0. The molecule has 0 N–H and O–H groups in total. The third-order valence-electron chi connectivity index (χ3n) is 19.7. The summed E-state index contributed by atoms with van der Waals surface area (Å²) >= 11 is 2.09. The normalized spacial score (nSPS) is 23.1. The van der Waals surface area contributed by atoms with Gasteiger partial charge in [-0.1, -0.05) is 135 Å². The monoisotopic (exact) mass is 917 g/mol. The van der Waals surface area contributed by atoms with Crippen LogP contribution in [0.2, 0.25) is 0 Å². The van der Waals surface area contributed by atoms with E-state index in [1.54, 1.807) is 16.7 Å². The third-order valence-corrected chi connectivity index (χ3v) is 20.9. The summed E-state index contributed by atoms with van der Waals surface area (Å²) in [6, 6.07) is 33.3. The van der Waals surface area contributed by atoms with Gasteiger partial charge < -0.3 is 9.80 Å². The van der Waals surface area contributed by atoms with Gasteiger partial charge in [0, 0.05) is 43.3 Å². The van der Waals surface area contributed by atoms with Crippen molar-refractivity contribution < 1.29 is 0 Å². The predicted molar refractivity (Wildman–Crippen MR) is 297 cm³/mol. The predicted octanol–water partition coefficient (Wildman–Crippen LogP) is 16.4. The van der Waals surface area contributed by atoms with Crippen molar-refractivity contribution in [2.75, 3.05) is 9.80 Å². The van der Waals surface area contributed by atoms with E-state index in [4.69, 9.17) is 0 Å². The van der Waals surface area contributed by atoms with Crippen molar-refractivity contribution in [2.24, 2.45) is 0 Å². The molecule has 68 heavy (non-hydrogen) atoms. The van der Waals surface area contributed by atoms with Crippen LogP contribution in [0.25, 0.3) is 10.1 Å². The van der Waals surface area contributed by atoms with Gasteiger partial charge in [0.2, 0.25) is 0 Å². The summed E-state index contributed by atoms with van der Waals surface area (Å²) in [5.41, 5.74) is 24.1. The molecule has 6 aliphatic rings. The molecule has 4 aliphatic carbocycles. The lowest BCUT2D eigenvalue weighted by atomic mass is 9.35. The summed E-state index contributed by atoms with van der Waals surface area (Å²) in [5, 5.41) is 1.42. The highest BCUT2D eigenvalue weighted by molar-refractivity contribution is 7.33. The molecule has 2 nitrogen and oxygen atoms in total. The summed E-state index contributed by atoms with van der Waals surface area (Å²) in [6.45, 7) is 39.9. The van der Waals surface area contributed by atoms with Gasteiger partial charge in [-0.2, -0.15) is 0 Å². The fourth-order valence-electron chi connectivity index (χ4n) is 14.5. The number of benzene rings is 5. The number of rotatable bonds is 2. The van der Waals surface area contributed by atoms with Crippen LogP contribution in [0.4, 0.5) is 34.1 Å². The zero-order valence-electron chi connectivity index (χ0n) is 44.5. The van der Waals surface area contributed by atoms with Gasteiger partial charge in [-0.25, -0.2) is 0 Å². The minimum absolute atomic E-state index is 0.0785. The van der Waals surface area contributed by atoms with Gasteiger partial charge in [-0.3, -0.25) is 0 Å². The molecule has 4 heteroatoms. The summed E-state index contributed by atoms with van der Waals surface area (Å²) in [6.07, 6.45) is 9.63. The van der Waals surface area contributed by atoms with Crippen LogP contribution in [0.1, 0.15) is 207 Å². The molecule has 352 valence electrons. The number of fused-ring (bicyclic) bond motifs is 10. The Morgan fingerprint density at radius 3 is 1.25 bits per heavy atom. The molecule has 1 aromatic heterocycles. The average Bonchev–Trinajstić information content (AvgIpc) is 3.65. The Morgan fingerprint density at radius 2 is 0.765 bits per heavy atom. The number of thiophene rings is 1. The molecule has 0 radical (unpaired) electrons. The molecule has 5 aromatic carbocycles. The van der Waals surface area contributed by atoms with Gasteiger partial charge in [-0.05, 0) is 205 Å². The average molecular weight is 917 g/mol. The maximum Gasteiger partial charge on any atom is 0.264 e. The van der Waals surface area contributed by atoms with Gasteiger partial charge in [-0.15, -0.1) is 11.3 Å². The van der Waals surface area contributed by atoms with Crippen molar-refractivity contribution >= 4 is 78.0 Å². The van der Waals surface area contributed by atoms with E-state index in [0.29, 0.717) is 0 Å². The molecule has 0 bridgehead atoms. The topological polar surface area (TPSA) is 6.48 Å². The third kappa shape index (κ3) is 6.19. The van der Waals surface area contributed by atoms with Crippen LogP contribution < -0.4 is 25.5 Å². The second-order valence-electron chi connectivity index (χ2n) is 28.0. The lowest BCUT2D eigenvalue weighted by molar-refractivity contribution is 0.332. The van der Waals surface area contributed by atoms with E-state index in [1.165, 1.54) is 139 Å². The molecule has 0 atom stereocenters. The van der Waals surface area contributed by atoms with Crippen molar-refractivity contribution in [3.05, 3.63) is 123 Å². The number of hydrogen-bond donors (Lipinski definition) is 0. The first-order chi connectivity index (χ1) is 31.6. The Balaban J connectivity index is 1.20. The Labute approximate surface area is 414 Å². The second kappa shape index (κ2) is 13.8. The summed E-state index contributed by atoms with van der Waals surface area (Å²) in [4.78, 5) is 5.47. The number of nitrogens with zero attached hydrogens (tertiary/aromatic N) is 2. The van der Waals surface area contributed by atoms with Crippen molar-refractivity contribution in [1.82, 2.24) is 0 Å². The molecule has 2 aliphatic heterocycles. The van der Waals surface area contributed by atoms with Gasteiger partial charge in [0.15, 0.2) is 0 Å². The molecule has 0 amide bonds. The fourth-order valence-corrected chi connectivity index (χ4v) is 15.9. The molecule has 6 aromatic rings. The summed E-state index contributed by atoms with van der Waals surface area (Å²) in [7, 11) is 0. The van der Waals surface area contributed by atoms with Crippen LogP contribution >= 0.6 is 11.3 Å². The Kier molecular flexibility index (Phi) is 9.09. The first kappa shape index (κ1) is 44.9. The standard InChI is InChI=1S/C64H77BN2S/c1-57(2)24-26-59(5,6)43-32-38(20-22-41(43)57)66-50-18-17-19-51-54(50)65(49-35-46-47(36-52(49)66)63(13,14)30-29-62(46,11)12)56-55(40-34-45-48(37-53(40)68-56)64(15,16)31-28-61(45,9)10)67(51)39-21-23-42-44(33-39)60(7,8)27-25-58(42,3)4/h17-23,32-37H,24-31H2,1-16H3. The molecule has 0 spiro atoms. The Hall–Kier alpha value is -4.28. The largest absolute Gasteiger partial charge is 0.311 e. The Morgan fingerprint density at radius 1 is 0.382 bits per heavy atom. The van der Waals surface area contributed by atoms with E-state index >= 15 is 0 Å². The van der Waals surface area contributed by atoms with Crippen molar-refractivity contribution in [3.63, 3.8) is 0 Å².